The number of thiophene rings is 1. The van der Waals surface area contributed by atoms with Crippen LogP contribution >= 0.6 is 11.3 Å². The predicted octanol–water partition coefficient (Wildman–Crippen LogP) is 15.1. The third-order valence-electron chi connectivity index (χ3n) is 11.5. The molecule has 1 aliphatic rings. The van der Waals surface area contributed by atoms with Crippen LogP contribution in [-0.2, 0) is 0 Å². The van der Waals surface area contributed by atoms with Crippen LogP contribution in [0.2, 0.25) is 0 Å². The number of aromatic nitrogens is 1. The summed E-state index contributed by atoms with van der Waals surface area (Å²) >= 11 is 1.88. The van der Waals surface area contributed by atoms with Gasteiger partial charge in [-0.1, -0.05) is 127 Å². The molecule has 0 spiro atoms. The van der Waals surface area contributed by atoms with E-state index >= 15 is 0 Å². The molecule has 0 atom stereocenters. The van der Waals surface area contributed by atoms with Gasteiger partial charge >= 0.3 is 0 Å². The first-order valence-electron chi connectivity index (χ1n) is 18.8. The fourth-order valence-electron chi connectivity index (χ4n) is 9.14. The van der Waals surface area contributed by atoms with E-state index < -0.39 is 0 Å². The molecule has 0 fully saturated rings. The standard InChI is InChI=1S/C52H32N2S/c1-3-14-34(15-4-1)53(35-16-5-2-6-17-35)36-28-33(38-26-27-45-40-19-8-7-18-39(40)44-23-13-22-43(38)52(44)45)29-37(30-36)54-48-24-11-9-20-41(48)46-32-51-47(31-49(46)54)42-21-10-12-25-50(42)55-51/h1-32H. The van der Waals surface area contributed by atoms with E-state index in [1.807, 2.05) is 11.3 Å². The second-order valence-corrected chi connectivity index (χ2v) is 15.6. The van der Waals surface area contributed by atoms with Gasteiger partial charge in [-0.3, -0.25) is 0 Å². The maximum Gasteiger partial charge on any atom is 0.0548 e. The van der Waals surface area contributed by atoms with E-state index in [1.165, 1.54) is 86.1 Å². The zero-order chi connectivity index (χ0) is 36.0. The Morgan fingerprint density at radius 2 is 0.964 bits per heavy atom. The van der Waals surface area contributed by atoms with Gasteiger partial charge in [0.2, 0.25) is 0 Å². The number of hydrogen-bond donors (Lipinski definition) is 0. The largest absolute Gasteiger partial charge is 0.310 e. The van der Waals surface area contributed by atoms with Crippen LogP contribution < -0.4 is 4.90 Å². The van der Waals surface area contributed by atoms with Crippen molar-refractivity contribution in [1.82, 2.24) is 4.57 Å². The lowest BCUT2D eigenvalue weighted by Gasteiger charge is -2.27. The molecule has 9 aromatic carbocycles. The van der Waals surface area contributed by atoms with Gasteiger partial charge < -0.3 is 9.47 Å². The molecule has 0 radical (unpaired) electrons. The quantitative estimate of drug-likeness (QED) is 0.172. The molecule has 0 bridgehead atoms. The summed E-state index contributed by atoms with van der Waals surface area (Å²) in [6, 6.07) is 71.5. The summed E-state index contributed by atoms with van der Waals surface area (Å²) < 4.78 is 5.13. The van der Waals surface area contributed by atoms with Crippen LogP contribution in [0.1, 0.15) is 0 Å². The number of anilines is 3. The monoisotopic (exact) mass is 716 g/mol. The van der Waals surface area contributed by atoms with Crippen molar-refractivity contribution in [2.45, 2.75) is 0 Å². The minimum absolute atomic E-state index is 1.10. The van der Waals surface area contributed by atoms with Gasteiger partial charge in [0.1, 0.15) is 0 Å². The molecule has 1 aliphatic carbocycles. The molecule has 0 N–H and O–H groups in total. The molecule has 11 aromatic rings. The van der Waals surface area contributed by atoms with Gasteiger partial charge in [-0.25, -0.2) is 0 Å². The van der Waals surface area contributed by atoms with Crippen LogP contribution in [0.15, 0.2) is 194 Å². The molecule has 2 aromatic heterocycles. The Morgan fingerprint density at radius 3 is 1.75 bits per heavy atom. The SMILES string of the molecule is c1ccc(N(c2ccccc2)c2cc(-c3ccc4c5c(cccc35)-c3ccccc3-4)cc(-n3c4ccccc4c4cc5sc6ccccc6c5cc43)c2)cc1. The molecule has 3 heteroatoms. The highest BCUT2D eigenvalue weighted by atomic mass is 32.1. The second kappa shape index (κ2) is 11.8. The Bertz CT molecular complexity index is 3250. The first-order chi connectivity index (χ1) is 27.3. The van der Waals surface area contributed by atoms with Gasteiger partial charge in [0, 0.05) is 53.7 Å². The van der Waals surface area contributed by atoms with E-state index in [1.54, 1.807) is 0 Å². The number of nitrogens with zero attached hydrogens (tertiary/aromatic N) is 2. The van der Waals surface area contributed by atoms with Gasteiger partial charge in [-0.15, -0.1) is 11.3 Å². The van der Waals surface area contributed by atoms with E-state index in [2.05, 4.69) is 204 Å². The molecule has 0 amide bonds. The van der Waals surface area contributed by atoms with Crippen molar-refractivity contribution in [2.24, 2.45) is 0 Å². The van der Waals surface area contributed by atoms with Crippen LogP contribution in [0.5, 0.6) is 0 Å². The molecule has 0 aliphatic heterocycles. The van der Waals surface area contributed by atoms with Crippen LogP contribution in [0.4, 0.5) is 17.1 Å². The molecule has 0 saturated carbocycles. The summed E-state index contributed by atoms with van der Waals surface area (Å²) in [7, 11) is 0. The Labute approximate surface area is 322 Å². The summed E-state index contributed by atoms with van der Waals surface area (Å²) in [5, 5.41) is 7.75. The summed E-state index contributed by atoms with van der Waals surface area (Å²) in [6.07, 6.45) is 0. The van der Waals surface area contributed by atoms with Crippen LogP contribution in [-0.4, -0.2) is 4.57 Å². The topological polar surface area (TPSA) is 8.17 Å². The first kappa shape index (κ1) is 30.5. The van der Waals surface area contributed by atoms with Gasteiger partial charge in [-0.2, -0.15) is 0 Å². The molecule has 2 nitrogen and oxygen atoms in total. The highest BCUT2D eigenvalue weighted by Gasteiger charge is 2.24. The lowest BCUT2D eigenvalue weighted by molar-refractivity contribution is 1.17. The van der Waals surface area contributed by atoms with Crippen LogP contribution in [0.3, 0.4) is 0 Å². The van der Waals surface area contributed by atoms with Crippen molar-refractivity contribution < 1.29 is 0 Å². The van der Waals surface area contributed by atoms with Crippen molar-refractivity contribution in [3.8, 4) is 39.1 Å². The van der Waals surface area contributed by atoms with Crippen molar-refractivity contribution in [1.29, 1.82) is 0 Å². The van der Waals surface area contributed by atoms with Gasteiger partial charge in [-0.05, 0) is 111 Å². The van der Waals surface area contributed by atoms with E-state index in [-0.39, 0.29) is 0 Å². The molecule has 256 valence electrons. The van der Waals surface area contributed by atoms with Gasteiger partial charge in [0.25, 0.3) is 0 Å². The highest BCUT2D eigenvalue weighted by Crippen LogP contribution is 2.50. The number of fused-ring (bicyclic) bond motifs is 9. The molecule has 0 saturated heterocycles. The fraction of sp³-hybridized carbons (Fsp3) is 0. The number of benzene rings is 9. The summed E-state index contributed by atoms with van der Waals surface area (Å²) in [4.78, 5) is 2.39. The van der Waals surface area contributed by atoms with Crippen molar-refractivity contribution in [3.63, 3.8) is 0 Å². The number of rotatable bonds is 5. The zero-order valence-electron chi connectivity index (χ0n) is 29.8. The fourth-order valence-corrected chi connectivity index (χ4v) is 10.3. The highest BCUT2D eigenvalue weighted by molar-refractivity contribution is 7.25. The van der Waals surface area contributed by atoms with E-state index in [0.717, 1.165) is 22.7 Å². The Hall–Kier alpha value is -6.94. The maximum atomic E-state index is 2.49. The van der Waals surface area contributed by atoms with Gasteiger partial charge in [0.05, 0.1) is 11.0 Å². The summed E-state index contributed by atoms with van der Waals surface area (Å²) in [6.45, 7) is 0. The maximum absolute atomic E-state index is 2.49. The van der Waals surface area contributed by atoms with E-state index in [0.29, 0.717) is 0 Å². The van der Waals surface area contributed by atoms with E-state index in [9.17, 15) is 0 Å². The normalized spacial score (nSPS) is 12.0. The van der Waals surface area contributed by atoms with Crippen LogP contribution in [0, 0.1) is 0 Å². The molecule has 12 rings (SSSR count). The van der Waals surface area contributed by atoms with Crippen molar-refractivity contribution >= 4 is 81.1 Å². The van der Waals surface area contributed by atoms with Crippen molar-refractivity contribution in [3.05, 3.63) is 194 Å². The zero-order valence-corrected chi connectivity index (χ0v) is 30.6. The lowest BCUT2D eigenvalue weighted by atomic mass is 9.93. The third kappa shape index (κ3) is 4.54. The molecular formula is C52H32N2S. The smallest absolute Gasteiger partial charge is 0.0548 e. The molecule has 2 heterocycles. The molecule has 0 unspecified atom stereocenters. The molecule has 55 heavy (non-hydrogen) atoms. The lowest BCUT2D eigenvalue weighted by Crippen LogP contribution is -2.10. The minimum Gasteiger partial charge on any atom is -0.310 e. The average Bonchev–Trinajstić information content (AvgIpc) is 3.89. The predicted molar refractivity (Wildman–Crippen MR) is 236 cm³/mol. The Kier molecular flexibility index (Phi) is 6.54. The number of para-hydroxylation sites is 3. The minimum atomic E-state index is 1.10. The average molecular weight is 717 g/mol. The van der Waals surface area contributed by atoms with Gasteiger partial charge in [0.15, 0.2) is 0 Å². The third-order valence-corrected chi connectivity index (χ3v) is 12.6. The Balaban J connectivity index is 1.19. The summed E-state index contributed by atoms with van der Waals surface area (Å²) in [5.74, 6) is 0. The second-order valence-electron chi connectivity index (χ2n) is 14.5. The van der Waals surface area contributed by atoms with Crippen LogP contribution in [0.25, 0.3) is 91.8 Å². The first-order valence-corrected chi connectivity index (χ1v) is 19.7. The van der Waals surface area contributed by atoms with E-state index in [4.69, 9.17) is 0 Å². The summed E-state index contributed by atoms with van der Waals surface area (Å²) in [5.41, 5.74) is 14.5. The number of hydrogen-bond acceptors (Lipinski definition) is 2. The Morgan fingerprint density at radius 1 is 0.345 bits per heavy atom. The van der Waals surface area contributed by atoms with Crippen molar-refractivity contribution in [2.75, 3.05) is 4.90 Å². The molecular weight excluding hydrogens is 685 g/mol.